The number of hydrogen-bond acceptors (Lipinski definition) is 3. The summed E-state index contributed by atoms with van der Waals surface area (Å²) in [4.78, 5) is 16.5. The van der Waals surface area contributed by atoms with Crippen LogP contribution in [-0.2, 0) is 4.79 Å². The zero-order valence-corrected chi connectivity index (χ0v) is 11.6. The van der Waals surface area contributed by atoms with Crippen LogP contribution in [0.25, 0.3) is 0 Å². The third kappa shape index (κ3) is 3.42. The lowest BCUT2D eigenvalue weighted by atomic mass is 9.97. The summed E-state index contributed by atoms with van der Waals surface area (Å²) in [6.07, 6.45) is 2.00. The van der Waals surface area contributed by atoms with Crippen LogP contribution < -0.4 is 5.73 Å². The number of carbonyl (C=O) groups excluding carboxylic acids is 1. The smallest absolute Gasteiger partial charge is 0.239 e. The first-order valence-corrected chi connectivity index (χ1v) is 6.81. The summed E-state index contributed by atoms with van der Waals surface area (Å²) < 4.78 is 0. The van der Waals surface area contributed by atoms with E-state index in [1.54, 1.807) is 0 Å². The summed E-state index contributed by atoms with van der Waals surface area (Å²) >= 11 is 0. The lowest BCUT2D eigenvalue weighted by Gasteiger charge is -2.40. The summed E-state index contributed by atoms with van der Waals surface area (Å²) in [6, 6.07) is 0.697. The van der Waals surface area contributed by atoms with Crippen molar-refractivity contribution in [3.05, 3.63) is 0 Å². The molecular formula is C13H27N3O. The van der Waals surface area contributed by atoms with Crippen LogP contribution in [0, 0.1) is 0 Å². The fourth-order valence-corrected chi connectivity index (χ4v) is 2.74. The molecule has 0 bridgehead atoms. The van der Waals surface area contributed by atoms with Crippen LogP contribution in [0.1, 0.15) is 40.5 Å². The predicted octanol–water partition coefficient (Wildman–Crippen LogP) is 1.05. The Labute approximate surface area is 105 Å². The lowest BCUT2D eigenvalue weighted by molar-refractivity contribution is -0.137. The minimum Gasteiger partial charge on any atom is -0.342 e. The fourth-order valence-electron chi connectivity index (χ4n) is 2.74. The van der Waals surface area contributed by atoms with Crippen LogP contribution in [0.4, 0.5) is 0 Å². The number of likely N-dealkylation sites (N-methyl/N-ethyl adjacent to an activating group) is 1. The molecule has 4 heteroatoms. The van der Waals surface area contributed by atoms with Crippen molar-refractivity contribution < 1.29 is 4.79 Å². The summed E-state index contributed by atoms with van der Waals surface area (Å²) in [5.74, 6) is 0.248. The number of likely N-dealkylation sites (tertiary alicyclic amines) is 1. The van der Waals surface area contributed by atoms with Crippen molar-refractivity contribution in [2.45, 2.75) is 58.7 Å². The topological polar surface area (TPSA) is 49.6 Å². The summed E-state index contributed by atoms with van der Waals surface area (Å²) in [6.45, 7) is 10.8. The summed E-state index contributed by atoms with van der Waals surface area (Å²) in [5, 5.41) is 0. The van der Waals surface area contributed by atoms with E-state index in [9.17, 15) is 4.79 Å². The average molecular weight is 241 g/mol. The van der Waals surface area contributed by atoms with Gasteiger partial charge in [-0.15, -0.1) is 0 Å². The number of hydrogen-bond donors (Lipinski definition) is 1. The lowest BCUT2D eigenvalue weighted by Crippen LogP contribution is -2.54. The molecule has 0 aromatic carbocycles. The molecule has 17 heavy (non-hydrogen) atoms. The highest BCUT2D eigenvalue weighted by molar-refractivity contribution is 5.81. The van der Waals surface area contributed by atoms with E-state index in [4.69, 9.17) is 5.73 Å². The molecule has 0 aromatic rings. The molecule has 1 fully saturated rings. The van der Waals surface area contributed by atoms with E-state index in [0.29, 0.717) is 12.1 Å². The second-order valence-corrected chi connectivity index (χ2v) is 5.06. The highest BCUT2D eigenvalue weighted by Crippen LogP contribution is 2.19. The molecule has 1 heterocycles. The predicted molar refractivity (Wildman–Crippen MR) is 70.8 cm³/mol. The number of nitrogens with two attached hydrogens (primary N) is 1. The number of nitrogens with zero attached hydrogens (tertiary/aromatic N) is 2. The van der Waals surface area contributed by atoms with E-state index in [-0.39, 0.29) is 11.9 Å². The molecule has 0 aliphatic carbocycles. The van der Waals surface area contributed by atoms with Crippen LogP contribution in [0.2, 0.25) is 0 Å². The van der Waals surface area contributed by atoms with Gasteiger partial charge in [-0.05, 0) is 40.5 Å². The maximum atomic E-state index is 12.3. The Morgan fingerprint density at radius 2 is 2.06 bits per heavy atom. The van der Waals surface area contributed by atoms with Gasteiger partial charge < -0.3 is 10.6 Å². The van der Waals surface area contributed by atoms with Crippen molar-refractivity contribution in [3.8, 4) is 0 Å². The molecule has 1 aliphatic heterocycles. The minimum atomic E-state index is -0.0163. The van der Waals surface area contributed by atoms with Gasteiger partial charge >= 0.3 is 0 Å². The van der Waals surface area contributed by atoms with Gasteiger partial charge in [0.1, 0.15) is 0 Å². The van der Waals surface area contributed by atoms with Crippen molar-refractivity contribution in [1.29, 1.82) is 0 Å². The maximum Gasteiger partial charge on any atom is 0.239 e. The Morgan fingerprint density at radius 1 is 1.47 bits per heavy atom. The second-order valence-electron chi connectivity index (χ2n) is 5.06. The molecule has 0 aromatic heterocycles. The Bertz CT molecular complexity index is 253. The van der Waals surface area contributed by atoms with E-state index in [0.717, 1.165) is 32.5 Å². The van der Waals surface area contributed by atoms with Crippen LogP contribution in [0.15, 0.2) is 0 Å². The first-order chi connectivity index (χ1) is 8.01. The molecule has 3 unspecified atom stereocenters. The molecule has 3 atom stereocenters. The number of rotatable bonds is 4. The molecule has 4 nitrogen and oxygen atoms in total. The van der Waals surface area contributed by atoms with Crippen molar-refractivity contribution in [2.24, 2.45) is 5.73 Å². The SMILES string of the molecule is CCN(CC)C(=O)C(C)N1CCC(N)CC1C. The Morgan fingerprint density at radius 3 is 2.53 bits per heavy atom. The van der Waals surface area contributed by atoms with Gasteiger partial charge in [-0.2, -0.15) is 0 Å². The standard InChI is InChI=1S/C13H27N3O/c1-5-15(6-2)13(17)11(4)16-8-7-12(14)9-10(16)3/h10-12H,5-9,14H2,1-4H3. The Hall–Kier alpha value is -0.610. The Balaban J connectivity index is 2.62. The number of carbonyl (C=O) groups is 1. The van der Waals surface area contributed by atoms with E-state index in [1.807, 2.05) is 25.7 Å². The third-order valence-electron chi connectivity index (χ3n) is 3.90. The molecule has 1 saturated heterocycles. The van der Waals surface area contributed by atoms with Gasteiger partial charge in [-0.3, -0.25) is 9.69 Å². The van der Waals surface area contributed by atoms with E-state index in [2.05, 4.69) is 11.8 Å². The van der Waals surface area contributed by atoms with Crippen LogP contribution in [0.5, 0.6) is 0 Å². The number of piperidine rings is 1. The first kappa shape index (κ1) is 14.5. The minimum absolute atomic E-state index is 0.0163. The van der Waals surface area contributed by atoms with Gasteiger partial charge in [0.2, 0.25) is 5.91 Å². The second kappa shape index (κ2) is 6.36. The van der Waals surface area contributed by atoms with Gasteiger partial charge in [0.15, 0.2) is 0 Å². The highest BCUT2D eigenvalue weighted by Gasteiger charge is 2.31. The van der Waals surface area contributed by atoms with Crippen molar-refractivity contribution >= 4 is 5.91 Å². The zero-order chi connectivity index (χ0) is 13.0. The molecule has 1 amide bonds. The quantitative estimate of drug-likeness (QED) is 0.800. The third-order valence-corrected chi connectivity index (χ3v) is 3.90. The molecule has 100 valence electrons. The van der Waals surface area contributed by atoms with Gasteiger partial charge in [0.05, 0.1) is 6.04 Å². The average Bonchev–Trinajstić information content (AvgIpc) is 2.29. The molecule has 0 saturated carbocycles. The van der Waals surface area contributed by atoms with Crippen LogP contribution >= 0.6 is 0 Å². The van der Waals surface area contributed by atoms with E-state index >= 15 is 0 Å². The van der Waals surface area contributed by atoms with Crippen LogP contribution in [0.3, 0.4) is 0 Å². The van der Waals surface area contributed by atoms with E-state index < -0.39 is 0 Å². The van der Waals surface area contributed by atoms with Gasteiger partial charge in [-0.25, -0.2) is 0 Å². The summed E-state index contributed by atoms with van der Waals surface area (Å²) in [7, 11) is 0. The molecule has 2 N–H and O–H groups in total. The molecule has 1 rings (SSSR count). The Kier molecular flexibility index (Phi) is 5.40. The number of amides is 1. The van der Waals surface area contributed by atoms with Crippen LogP contribution in [-0.4, -0.2) is 53.5 Å². The largest absolute Gasteiger partial charge is 0.342 e. The monoisotopic (exact) mass is 241 g/mol. The molecule has 0 radical (unpaired) electrons. The molecular weight excluding hydrogens is 214 g/mol. The van der Waals surface area contributed by atoms with Crippen molar-refractivity contribution in [2.75, 3.05) is 19.6 Å². The van der Waals surface area contributed by atoms with Gasteiger partial charge in [0.25, 0.3) is 0 Å². The van der Waals surface area contributed by atoms with Crippen molar-refractivity contribution in [3.63, 3.8) is 0 Å². The molecule has 0 spiro atoms. The summed E-state index contributed by atoms with van der Waals surface area (Å²) in [5.41, 5.74) is 5.95. The van der Waals surface area contributed by atoms with E-state index in [1.165, 1.54) is 0 Å². The molecule has 1 aliphatic rings. The highest BCUT2D eigenvalue weighted by atomic mass is 16.2. The fraction of sp³-hybridized carbons (Fsp3) is 0.923. The maximum absolute atomic E-state index is 12.3. The van der Waals surface area contributed by atoms with Crippen molar-refractivity contribution in [1.82, 2.24) is 9.80 Å². The zero-order valence-electron chi connectivity index (χ0n) is 11.6. The van der Waals surface area contributed by atoms with Gasteiger partial charge in [-0.1, -0.05) is 0 Å². The first-order valence-electron chi connectivity index (χ1n) is 6.81. The normalized spacial score (nSPS) is 27.8. The van der Waals surface area contributed by atoms with Gasteiger partial charge in [0, 0.05) is 31.7 Å².